The maximum absolute atomic E-state index is 13.1. The van der Waals surface area contributed by atoms with Crippen LogP contribution in [0.2, 0.25) is 0 Å². The quantitative estimate of drug-likeness (QED) is 0.682. The first-order valence-corrected chi connectivity index (χ1v) is 9.83. The first-order chi connectivity index (χ1) is 14.1. The number of aryl methyl sites for hydroxylation is 1. The number of halogens is 1. The van der Waals surface area contributed by atoms with Crippen LogP contribution in [0.5, 0.6) is 0 Å². The second-order valence-corrected chi connectivity index (χ2v) is 7.13. The highest BCUT2D eigenvalue weighted by atomic mass is 19.1. The predicted molar refractivity (Wildman–Crippen MR) is 111 cm³/mol. The van der Waals surface area contributed by atoms with Crippen molar-refractivity contribution in [2.75, 3.05) is 31.1 Å². The van der Waals surface area contributed by atoms with Crippen molar-refractivity contribution in [2.24, 2.45) is 0 Å². The summed E-state index contributed by atoms with van der Waals surface area (Å²) in [4.78, 5) is 34.3. The van der Waals surface area contributed by atoms with Crippen molar-refractivity contribution in [3.63, 3.8) is 0 Å². The molecule has 0 radical (unpaired) electrons. The Bertz CT molecular complexity index is 1090. The standard InChI is InChI=1S/C22H23FN4O2/c1-2-20-24-19-6-4-3-5-18(19)22(29)27(20)15-21(28)26-13-11-25(12-14-26)17-9-7-16(23)8-10-17/h3-10H,2,11-15H2,1H3. The number of carbonyl (C=O) groups is 1. The number of anilines is 1. The Morgan fingerprint density at radius 1 is 1.03 bits per heavy atom. The summed E-state index contributed by atoms with van der Waals surface area (Å²) in [6.45, 7) is 4.39. The predicted octanol–water partition coefficient (Wildman–Crippen LogP) is 2.45. The fourth-order valence-electron chi connectivity index (χ4n) is 3.75. The highest BCUT2D eigenvalue weighted by molar-refractivity contribution is 5.79. The largest absolute Gasteiger partial charge is 0.368 e. The van der Waals surface area contributed by atoms with E-state index in [1.54, 1.807) is 29.2 Å². The highest BCUT2D eigenvalue weighted by Crippen LogP contribution is 2.17. The molecule has 1 aromatic heterocycles. The first kappa shape index (κ1) is 19.1. The van der Waals surface area contributed by atoms with Gasteiger partial charge in [0.1, 0.15) is 18.2 Å². The van der Waals surface area contributed by atoms with Crippen molar-refractivity contribution in [1.29, 1.82) is 0 Å². The van der Waals surface area contributed by atoms with Crippen LogP contribution in [0.1, 0.15) is 12.7 Å². The van der Waals surface area contributed by atoms with Crippen LogP contribution in [0.25, 0.3) is 10.9 Å². The van der Waals surface area contributed by atoms with Gasteiger partial charge in [-0.15, -0.1) is 0 Å². The molecule has 150 valence electrons. The van der Waals surface area contributed by atoms with Gasteiger partial charge in [0.2, 0.25) is 5.91 Å². The normalized spacial score (nSPS) is 14.4. The smallest absolute Gasteiger partial charge is 0.261 e. The number of hydrogen-bond acceptors (Lipinski definition) is 4. The zero-order chi connectivity index (χ0) is 20.4. The summed E-state index contributed by atoms with van der Waals surface area (Å²) in [6.07, 6.45) is 0.575. The van der Waals surface area contributed by atoms with E-state index in [1.165, 1.54) is 16.7 Å². The Balaban J connectivity index is 1.48. The zero-order valence-corrected chi connectivity index (χ0v) is 16.3. The molecule has 0 spiro atoms. The Morgan fingerprint density at radius 3 is 2.41 bits per heavy atom. The fraction of sp³-hybridized carbons (Fsp3) is 0.318. The molecule has 1 amide bonds. The van der Waals surface area contributed by atoms with Gasteiger partial charge in [-0.3, -0.25) is 14.2 Å². The number of amides is 1. The summed E-state index contributed by atoms with van der Waals surface area (Å²) in [6, 6.07) is 13.6. The van der Waals surface area contributed by atoms with Crippen molar-refractivity contribution in [3.05, 3.63) is 70.5 Å². The Hall–Kier alpha value is -3.22. The van der Waals surface area contributed by atoms with Crippen LogP contribution in [0.3, 0.4) is 0 Å². The lowest BCUT2D eigenvalue weighted by atomic mass is 10.2. The molecule has 4 rings (SSSR count). The molecule has 2 aromatic carbocycles. The van der Waals surface area contributed by atoms with Gasteiger partial charge in [-0.1, -0.05) is 19.1 Å². The van der Waals surface area contributed by atoms with Crippen LogP contribution < -0.4 is 10.5 Å². The van der Waals surface area contributed by atoms with Crippen molar-refractivity contribution in [2.45, 2.75) is 19.9 Å². The minimum absolute atomic E-state index is 0.00358. The van der Waals surface area contributed by atoms with E-state index < -0.39 is 0 Å². The van der Waals surface area contributed by atoms with Gasteiger partial charge in [0.25, 0.3) is 5.56 Å². The molecule has 0 aliphatic carbocycles. The molecule has 29 heavy (non-hydrogen) atoms. The number of para-hydroxylation sites is 1. The van der Waals surface area contributed by atoms with E-state index in [-0.39, 0.29) is 23.8 Å². The molecule has 1 aliphatic heterocycles. The van der Waals surface area contributed by atoms with Gasteiger partial charge in [-0.2, -0.15) is 0 Å². The van der Waals surface area contributed by atoms with Gasteiger partial charge in [0, 0.05) is 38.3 Å². The second-order valence-electron chi connectivity index (χ2n) is 7.13. The van der Waals surface area contributed by atoms with Crippen molar-refractivity contribution < 1.29 is 9.18 Å². The molecule has 7 heteroatoms. The third-order valence-corrected chi connectivity index (χ3v) is 5.37. The molecule has 0 unspecified atom stereocenters. The second kappa shape index (κ2) is 8.03. The maximum Gasteiger partial charge on any atom is 0.261 e. The molecule has 0 bridgehead atoms. The number of hydrogen-bond donors (Lipinski definition) is 0. The van der Waals surface area contributed by atoms with Crippen molar-refractivity contribution in [3.8, 4) is 0 Å². The maximum atomic E-state index is 13.1. The lowest BCUT2D eigenvalue weighted by molar-refractivity contribution is -0.132. The molecule has 3 aromatic rings. The van der Waals surface area contributed by atoms with Gasteiger partial charge >= 0.3 is 0 Å². The van der Waals surface area contributed by atoms with Crippen LogP contribution in [0, 0.1) is 5.82 Å². The van der Waals surface area contributed by atoms with E-state index in [1.807, 2.05) is 19.1 Å². The minimum Gasteiger partial charge on any atom is -0.368 e. The summed E-state index contributed by atoms with van der Waals surface area (Å²) in [5, 5.41) is 0.527. The average molecular weight is 394 g/mol. The average Bonchev–Trinajstić information content (AvgIpc) is 2.76. The third-order valence-electron chi connectivity index (χ3n) is 5.37. The van der Waals surface area contributed by atoms with E-state index >= 15 is 0 Å². The summed E-state index contributed by atoms with van der Waals surface area (Å²) < 4.78 is 14.6. The molecule has 2 heterocycles. The SMILES string of the molecule is CCc1nc2ccccc2c(=O)n1CC(=O)N1CCN(c2ccc(F)cc2)CC1. The van der Waals surface area contributed by atoms with Crippen molar-refractivity contribution in [1.82, 2.24) is 14.5 Å². The number of benzene rings is 2. The molecule has 1 aliphatic rings. The van der Waals surface area contributed by atoms with Gasteiger partial charge in [0.15, 0.2) is 0 Å². The van der Waals surface area contributed by atoms with Crippen molar-refractivity contribution >= 4 is 22.5 Å². The Morgan fingerprint density at radius 2 is 1.72 bits per heavy atom. The van der Waals surface area contributed by atoms with E-state index in [4.69, 9.17) is 0 Å². The highest BCUT2D eigenvalue weighted by Gasteiger charge is 2.23. The Kier molecular flexibility index (Phi) is 5.29. The fourth-order valence-corrected chi connectivity index (χ4v) is 3.75. The third kappa shape index (κ3) is 3.85. The van der Waals surface area contributed by atoms with Crippen LogP contribution in [-0.2, 0) is 17.8 Å². The number of piperazine rings is 1. The van der Waals surface area contributed by atoms with Crippen LogP contribution in [0.4, 0.5) is 10.1 Å². The molecular weight excluding hydrogens is 371 g/mol. The Labute approximate surface area is 168 Å². The van der Waals surface area contributed by atoms with E-state index in [2.05, 4.69) is 9.88 Å². The van der Waals surface area contributed by atoms with E-state index in [0.717, 1.165) is 5.69 Å². The summed E-state index contributed by atoms with van der Waals surface area (Å²) in [7, 11) is 0. The monoisotopic (exact) mass is 394 g/mol. The van der Waals surface area contributed by atoms with Crippen LogP contribution in [0.15, 0.2) is 53.3 Å². The topological polar surface area (TPSA) is 58.4 Å². The van der Waals surface area contributed by atoms with E-state index in [9.17, 15) is 14.0 Å². The molecule has 0 N–H and O–H groups in total. The zero-order valence-electron chi connectivity index (χ0n) is 16.3. The van der Waals surface area contributed by atoms with E-state index in [0.29, 0.717) is 49.3 Å². The van der Waals surface area contributed by atoms with Gasteiger partial charge in [0.05, 0.1) is 10.9 Å². The lowest BCUT2D eigenvalue weighted by Crippen LogP contribution is -2.50. The van der Waals surface area contributed by atoms with Crippen LogP contribution in [-0.4, -0.2) is 46.5 Å². The number of nitrogens with zero attached hydrogens (tertiary/aromatic N) is 4. The minimum atomic E-state index is -0.260. The van der Waals surface area contributed by atoms with Gasteiger partial charge in [-0.05, 0) is 36.4 Å². The molecule has 6 nitrogen and oxygen atoms in total. The lowest BCUT2D eigenvalue weighted by Gasteiger charge is -2.36. The molecule has 1 fully saturated rings. The van der Waals surface area contributed by atoms with Gasteiger partial charge < -0.3 is 9.80 Å². The summed E-state index contributed by atoms with van der Waals surface area (Å²) in [5.74, 6) is 0.272. The molecule has 0 saturated carbocycles. The van der Waals surface area contributed by atoms with Gasteiger partial charge in [-0.25, -0.2) is 9.37 Å². The number of carbonyl (C=O) groups excluding carboxylic acids is 1. The van der Waals surface area contributed by atoms with Crippen LogP contribution >= 0.6 is 0 Å². The molecule has 1 saturated heterocycles. The molecular formula is C22H23FN4O2. The first-order valence-electron chi connectivity index (χ1n) is 9.83. The summed E-state index contributed by atoms with van der Waals surface area (Å²) in [5.41, 5.74) is 1.43. The number of rotatable bonds is 4. The number of fused-ring (bicyclic) bond motifs is 1. The number of aromatic nitrogens is 2. The molecule has 0 atom stereocenters. The summed E-state index contributed by atoms with van der Waals surface area (Å²) >= 11 is 0.